The van der Waals surface area contributed by atoms with Crippen molar-refractivity contribution in [2.75, 3.05) is 5.43 Å². The molecule has 1 aromatic heterocycles. The van der Waals surface area contributed by atoms with Crippen LogP contribution in [-0.2, 0) is 6.61 Å². The fraction of sp³-hybridized carbons (Fsp3) is 0.111. The first-order chi connectivity index (χ1) is 8.60. The molecule has 0 fully saturated rings. The van der Waals surface area contributed by atoms with Crippen molar-refractivity contribution in [1.29, 1.82) is 0 Å². The number of ether oxygens (including phenoxy) is 1. The molecule has 3 N–H and O–H groups in total. The van der Waals surface area contributed by atoms with Gasteiger partial charge in [-0.25, -0.2) is 5.84 Å². The molecule has 0 saturated heterocycles. The number of halogens is 3. The average Bonchev–Trinajstić information content (AvgIpc) is 2.80. The Balaban J connectivity index is 2.08. The smallest absolute Gasteiger partial charge is 0.219 e. The number of anilines is 1. The molecule has 0 atom stereocenters. The monoisotopic (exact) mass is 324 g/mol. The van der Waals surface area contributed by atoms with Gasteiger partial charge in [0.25, 0.3) is 0 Å². The Labute approximate surface area is 122 Å². The van der Waals surface area contributed by atoms with Gasteiger partial charge < -0.3 is 4.74 Å². The van der Waals surface area contributed by atoms with Crippen molar-refractivity contribution in [3.05, 3.63) is 32.2 Å². The summed E-state index contributed by atoms with van der Waals surface area (Å²) < 4.78 is 5.48. The van der Waals surface area contributed by atoms with Crippen molar-refractivity contribution < 1.29 is 4.74 Å². The van der Waals surface area contributed by atoms with E-state index in [2.05, 4.69) is 15.6 Å². The van der Waals surface area contributed by atoms with E-state index in [0.29, 0.717) is 31.0 Å². The summed E-state index contributed by atoms with van der Waals surface area (Å²) in [6.07, 6.45) is 0. The number of hydrogen-bond acceptors (Lipinski definition) is 6. The lowest BCUT2D eigenvalue weighted by Gasteiger charge is -2.07. The van der Waals surface area contributed by atoms with Gasteiger partial charge in [0.1, 0.15) is 12.4 Å². The molecule has 5 nitrogen and oxygen atoms in total. The van der Waals surface area contributed by atoms with E-state index in [4.69, 9.17) is 45.4 Å². The standard InChI is InChI=1S/C9H7Cl3N4OS/c10-4-1-6(12)7(2-5(4)11)17-3-8-15-16-9(14-13)18-8/h1-2H,3,13H2,(H,14,16). The Morgan fingerprint density at radius 3 is 2.56 bits per heavy atom. The summed E-state index contributed by atoms with van der Waals surface area (Å²) >= 11 is 18.9. The minimum absolute atomic E-state index is 0.219. The molecule has 0 aliphatic rings. The van der Waals surface area contributed by atoms with Crippen molar-refractivity contribution >= 4 is 51.3 Å². The van der Waals surface area contributed by atoms with Crippen LogP contribution in [0.2, 0.25) is 15.1 Å². The largest absolute Gasteiger partial charge is 0.485 e. The highest BCUT2D eigenvalue weighted by atomic mass is 35.5. The van der Waals surface area contributed by atoms with Gasteiger partial charge in [0.05, 0.1) is 15.1 Å². The van der Waals surface area contributed by atoms with Crippen molar-refractivity contribution in [1.82, 2.24) is 10.2 Å². The van der Waals surface area contributed by atoms with Crippen LogP contribution >= 0.6 is 46.1 Å². The molecule has 1 heterocycles. The topological polar surface area (TPSA) is 73.1 Å². The zero-order chi connectivity index (χ0) is 13.1. The number of nitrogen functional groups attached to an aromatic ring is 1. The van der Waals surface area contributed by atoms with Crippen LogP contribution in [0.5, 0.6) is 5.75 Å². The highest BCUT2D eigenvalue weighted by Crippen LogP contribution is 2.34. The van der Waals surface area contributed by atoms with Gasteiger partial charge in [0, 0.05) is 6.07 Å². The summed E-state index contributed by atoms with van der Waals surface area (Å²) in [6.45, 7) is 0.219. The van der Waals surface area contributed by atoms with Gasteiger partial charge in [0.2, 0.25) is 5.13 Å². The van der Waals surface area contributed by atoms with Crippen LogP contribution in [-0.4, -0.2) is 10.2 Å². The molecule has 0 amide bonds. The molecule has 0 radical (unpaired) electrons. The van der Waals surface area contributed by atoms with Crippen LogP contribution in [0.3, 0.4) is 0 Å². The van der Waals surface area contributed by atoms with E-state index in [1.807, 2.05) is 0 Å². The SMILES string of the molecule is NNc1nnc(COc2cc(Cl)c(Cl)cc2Cl)s1. The second-order valence-corrected chi connectivity index (χ2v) is 5.41. The molecular formula is C9H7Cl3N4OS. The third kappa shape index (κ3) is 3.15. The van der Waals surface area contributed by atoms with E-state index in [9.17, 15) is 0 Å². The molecule has 0 spiro atoms. The third-order valence-corrected chi connectivity index (χ3v) is 3.76. The number of nitrogens with one attached hydrogen (secondary N) is 1. The molecule has 18 heavy (non-hydrogen) atoms. The molecule has 0 unspecified atom stereocenters. The number of benzene rings is 1. The van der Waals surface area contributed by atoms with E-state index >= 15 is 0 Å². The number of rotatable bonds is 4. The van der Waals surface area contributed by atoms with Crippen LogP contribution in [0.1, 0.15) is 5.01 Å². The highest BCUT2D eigenvalue weighted by Gasteiger charge is 2.09. The highest BCUT2D eigenvalue weighted by molar-refractivity contribution is 7.15. The maximum Gasteiger partial charge on any atom is 0.219 e. The fourth-order valence-corrected chi connectivity index (χ4v) is 2.28. The van der Waals surface area contributed by atoms with Crippen LogP contribution in [0.25, 0.3) is 0 Å². The third-order valence-electron chi connectivity index (χ3n) is 1.92. The summed E-state index contributed by atoms with van der Waals surface area (Å²) in [5.74, 6) is 5.63. The Morgan fingerprint density at radius 2 is 1.89 bits per heavy atom. The molecule has 0 bridgehead atoms. The van der Waals surface area contributed by atoms with Crippen LogP contribution in [0.4, 0.5) is 5.13 Å². The predicted octanol–water partition coefficient (Wildman–Crippen LogP) is 3.36. The lowest BCUT2D eigenvalue weighted by atomic mass is 10.3. The zero-order valence-corrected chi connectivity index (χ0v) is 11.9. The van der Waals surface area contributed by atoms with Crippen molar-refractivity contribution in [2.45, 2.75) is 6.61 Å². The Bertz CT molecular complexity index is 563. The van der Waals surface area contributed by atoms with Crippen LogP contribution < -0.4 is 16.0 Å². The summed E-state index contributed by atoms with van der Waals surface area (Å²) in [4.78, 5) is 0. The number of hydrogen-bond donors (Lipinski definition) is 2. The second-order valence-electron chi connectivity index (χ2n) is 3.13. The van der Waals surface area contributed by atoms with E-state index in [1.165, 1.54) is 17.4 Å². The van der Waals surface area contributed by atoms with Gasteiger partial charge in [0.15, 0.2) is 5.01 Å². The molecular weight excluding hydrogens is 319 g/mol. The molecule has 0 aliphatic carbocycles. The van der Waals surface area contributed by atoms with E-state index in [-0.39, 0.29) is 6.61 Å². The van der Waals surface area contributed by atoms with Gasteiger partial charge >= 0.3 is 0 Å². The van der Waals surface area contributed by atoms with Crippen molar-refractivity contribution in [3.8, 4) is 5.75 Å². The number of nitrogens with zero attached hydrogens (tertiary/aromatic N) is 2. The predicted molar refractivity (Wildman–Crippen MR) is 73.5 cm³/mol. The van der Waals surface area contributed by atoms with E-state index < -0.39 is 0 Å². The first-order valence-corrected chi connectivity index (χ1v) is 6.61. The quantitative estimate of drug-likeness (QED) is 0.512. The summed E-state index contributed by atoms with van der Waals surface area (Å²) in [5, 5.41) is 9.94. The fourth-order valence-electron chi connectivity index (χ4n) is 1.12. The van der Waals surface area contributed by atoms with Gasteiger partial charge in [-0.2, -0.15) is 0 Å². The molecule has 0 saturated carbocycles. The Kier molecular flexibility index (Phi) is 4.47. The molecule has 9 heteroatoms. The van der Waals surface area contributed by atoms with Crippen LogP contribution in [0.15, 0.2) is 12.1 Å². The van der Waals surface area contributed by atoms with Gasteiger partial charge in [-0.1, -0.05) is 46.1 Å². The van der Waals surface area contributed by atoms with E-state index in [1.54, 1.807) is 6.07 Å². The number of hydrazine groups is 1. The van der Waals surface area contributed by atoms with Gasteiger partial charge in [-0.05, 0) is 6.07 Å². The van der Waals surface area contributed by atoms with Crippen molar-refractivity contribution in [2.24, 2.45) is 5.84 Å². The lowest BCUT2D eigenvalue weighted by molar-refractivity contribution is 0.305. The minimum atomic E-state index is 0.219. The van der Waals surface area contributed by atoms with Gasteiger partial charge in [-0.3, -0.25) is 5.43 Å². The average molecular weight is 326 g/mol. The van der Waals surface area contributed by atoms with Gasteiger partial charge in [-0.15, -0.1) is 10.2 Å². The molecule has 2 rings (SSSR count). The summed E-state index contributed by atoms with van der Waals surface area (Å²) in [5.41, 5.74) is 2.40. The summed E-state index contributed by atoms with van der Waals surface area (Å²) in [7, 11) is 0. The minimum Gasteiger partial charge on any atom is -0.485 e. The lowest BCUT2D eigenvalue weighted by Crippen LogP contribution is -2.05. The molecule has 96 valence electrons. The zero-order valence-electron chi connectivity index (χ0n) is 8.78. The number of aromatic nitrogens is 2. The molecule has 1 aromatic carbocycles. The maximum absolute atomic E-state index is 5.97. The Hall–Kier alpha value is -0.790. The second kappa shape index (κ2) is 5.90. The van der Waals surface area contributed by atoms with E-state index in [0.717, 1.165) is 0 Å². The normalized spacial score (nSPS) is 10.4. The maximum atomic E-state index is 5.97. The first kappa shape index (κ1) is 13.6. The Morgan fingerprint density at radius 1 is 1.17 bits per heavy atom. The number of nitrogens with two attached hydrogens (primary N) is 1. The molecule has 2 aromatic rings. The van der Waals surface area contributed by atoms with Crippen molar-refractivity contribution in [3.63, 3.8) is 0 Å². The summed E-state index contributed by atoms with van der Waals surface area (Å²) in [6, 6.07) is 3.07. The first-order valence-electron chi connectivity index (χ1n) is 4.66. The van der Waals surface area contributed by atoms with Crippen LogP contribution in [0, 0.1) is 0 Å². The molecule has 0 aliphatic heterocycles.